The zero-order valence-electron chi connectivity index (χ0n) is 9.25. The molecule has 0 unspecified atom stereocenters. The Bertz CT molecular complexity index is 454. The molecule has 1 aromatic rings. The molecule has 0 saturated carbocycles. The van der Waals surface area contributed by atoms with Crippen molar-refractivity contribution in [2.75, 3.05) is 0 Å². The van der Waals surface area contributed by atoms with Gasteiger partial charge in [0.1, 0.15) is 11.4 Å². The monoisotopic (exact) mass is 259 g/mol. The van der Waals surface area contributed by atoms with Gasteiger partial charge >= 0.3 is 5.97 Å². The number of hydrogen-bond donors (Lipinski definition) is 2. The van der Waals surface area contributed by atoms with Gasteiger partial charge in [-0.3, -0.25) is 4.79 Å². The van der Waals surface area contributed by atoms with Crippen LogP contribution in [0.1, 0.15) is 24.2 Å². The molecule has 1 aromatic carbocycles. The maximum Gasteiger partial charge on any atom is 0.328 e. The molecule has 6 heteroatoms. The predicted molar refractivity (Wildman–Crippen MR) is 60.6 cm³/mol. The highest BCUT2D eigenvalue weighted by Gasteiger charge is 2.30. The van der Waals surface area contributed by atoms with Gasteiger partial charge < -0.3 is 10.4 Å². The van der Waals surface area contributed by atoms with E-state index in [0.29, 0.717) is 0 Å². The minimum Gasteiger partial charge on any atom is -0.480 e. The Labute approximate surface area is 102 Å². The van der Waals surface area contributed by atoms with Crippen LogP contribution in [0.3, 0.4) is 0 Å². The number of rotatable bonds is 3. The maximum atomic E-state index is 13.4. The van der Waals surface area contributed by atoms with Gasteiger partial charge in [0.25, 0.3) is 5.91 Å². The highest BCUT2D eigenvalue weighted by molar-refractivity contribution is 6.33. The Morgan fingerprint density at radius 2 is 2.00 bits per heavy atom. The quantitative estimate of drug-likeness (QED) is 0.873. The van der Waals surface area contributed by atoms with Gasteiger partial charge in [0.2, 0.25) is 0 Å². The lowest BCUT2D eigenvalue weighted by Gasteiger charge is -2.21. The number of carbonyl (C=O) groups is 2. The van der Waals surface area contributed by atoms with Crippen molar-refractivity contribution in [2.45, 2.75) is 19.4 Å². The first-order valence-electron chi connectivity index (χ1n) is 4.75. The standard InChI is InChI=1S/C11H11ClFNO3/c1-11(2,10(16)17)14-9(15)8-6(12)4-3-5-7(8)13/h3-5H,1-2H3,(H,14,15)(H,16,17). The summed E-state index contributed by atoms with van der Waals surface area (Å²) in [6.45, 7) is 2.59. The zero-order valence-corrected chi connectivity index (χ0v) is 10.0. The third-order valence-electron chi connectivity index (χ3n) is 2.15. The molecule has 0 aliphatic heterocycles. The molecular weight excluding hydrogens is 249 g/mol. The number of carboxylic acids is 1. The van der Waals surface area contributed by atoms with Gasteiger partial charge in [-0.1, -0.05) is 17.7 Å². The van der Waals surface area contributed by atoms with E-state index in [-0.39, 0.29) is 10.6 Å². The lowest BCUT2D eigenvalue weighted by Crippen LogP contribution is -2.49. The summed E-state index contributed by atoms with van der Waals surface area (Å²) in [5.74, 6) is -2.88. The number of aliphatic carboxylic acids is 1. The van der Waals surface area contributed by atoms with Crippen LogP contribution < -0.4 is 5.32 Å². The van der Waals surface area contributed by atoms with Crippen molar-refractivity contribution in [3.8, 4) is 0 Å². The molecule has 1 amide bonds. The average Bonchev–Trinajstić information content (AvgIpc) is 2.15. The van der Waals surface area contributed by atoms with E-state index >= 15 is 0 Å². The van der Waals surface area contributed by atoms with E-state index in [2.05, 4.69) is 5.32 Å². The normalized spacial score (nSPS) is 11.1. The molecule has 1 rings (SSSR count). The lowest BCUT2D eigenvalue weighted by molar-refractivity contribution is -0.143. The van der Waals surface area contributed by atoms with E-state index in [9.17, 15) is 14.0 Å². The van der Waals surface area contributed by atoms with Crippen molar-refractivity contribution >= 4 is 23.5 Å². The molecule has 0 heterocycles. The smallest absolute Gasteiger partial charge is 0.328 e. The van der Waals surface area contributed by atoms with Crippen LogP contribution in [0.2, 0.25) is 5.02 Å². The van der Waals surface area contributed by atoms with Gasteiger partial charge in [0, 0.05) is 0 Å². The van der Waals surface area contributed by atoms with Gasteiger partial charge in [0.15, 0.2) is 0 Å². The minimum atomic E-state index is -1.50. The summed E-state index contributed by atoms with van der Waals surface area (Å²) in [6.07, 6.45) is 0. The number of carboxylic acid groups (broad SMARTS) is 1. The summed E-state index contributed by atoms with van der Waals surface area (Å²) >= 11 is 5.68. The Kier molecular flexibility index (Phi) is 3.72. The van der Waals surface area contributed by atoms with Crippen LogP contribution >= 0.6 is 11.6 Å². The Morgan fingerprint density at radius 3 is 2.47 bits per heavy atom. The van der Waals surface area contributed by atoms with Crippen molar-refractivity contribution < 1.29 is 19.1 Å². The van der Waals surface area contributed by atoms with Gasteiger partial charge in [-0.05, 0) is 26.0 Å². The second kappa shape index (κ2) is 4.71. The SMILES string of the molecule is CC(C)(NC(=O)c1c(F)cccc1Cl)C(=O)O. The van der Waals surface area contributed by atoms with Crippen molar-refractivity contribution in [3.63, 3.8) is 0 Å². The van der Waals surface area contributed by atoms with Gasteiger partial charge in [-0.2, -0.15) is 0 Å². The summed E-state index contributed by atoms with van der Waals surface area (Å²) < 4.78 is 13.4. The van der Waals surface area contributed by atoms with Crippen LogP contribution in [0.15, 0.2) is 18.2 Å². The van der Waals surface area contributed by atoms with Crippen molar-refractivity contribution in [2.24, 2.45) is 0 Å². The summed E-state index contributed by atoms with van der Waals surface area (Å²) in [5.41, 5.74) is -1.86. The molecule has 0 spiro atoms. The van der Waals surface area contributed by atoms with E-state index in [1.807, 2.05) is 0 Å². The van der Waals surface area contributed by atoms with Crippen LogP contribution in [0.25, 0.3) is 0 Å². The van der Waals surface area contributed by atoms with Crippen LogP contribution in [0, 0.1) is 5.82 Å². The predicted octanol–water partition coefficient (Wildman–Crippen LogP) is 2.07. The van der Waals surface area contributed by atoms with E-state index in [0.717, 1.165) is 6.07 Å². The number of nitrogens with one attached hydrogen (secondary N) is 1. The van der Waals surface area contributed by atoms with E-state index in [1.165, 1.54) is 26.0 Å². The summed E-state index contributed by atoms with van der Waals surface area (Å²) in [5, 5.41) is 11.0. The second-order valence-electron chi connectivity index (χ2n) is 3.98. The van der Waals surface area contributed by atoms with Crippen LogP contribution in [-0.2, 0) is 4.79 Å². The number of benzene rings is 1. The highest BCUT2D eigenvalue weighted by Crippen LogP contribution is 2.19. The van der Waals surface area contributed by atoms with Crippen molar-refractivity contribution in [3.05, 3.63) is 34.6 Å². The van der Waals surface area contributed by atoms with Crippen LogP contribution in [0.5, 0.6) is 0 Å². The third-order valence-corrected chi connectivity index (χ3v) is 2.47. The highest BCUT2D eigenvalue weighted by atomic mass is 35.5. The van der Waals surface area contributed by atoms with Gasteiger partial charge in [0.05, 0.1) is 10.6 Å². The van der Waals surface area contributed by atoms with Crippen LogP contribution in [0.4, 0.5) is 4.39 Å². The van der Waals surface area contributed by atoms with Crippen molar-refractivity contribution in [1.29, 1.82) is 0 Å². The minimum absolute atomic E-state index is 0.0660. The third kappa shape index (κ3) is 2.94. The molecule has 0 radical (unpaired) electrons. The average molecular weight is 260 g/mol. The lowest BCUT2D eigenvalue weighted by atomic mass is 10.1. The molecule has 0 aromatic heterocycles. The molecule has 0 fully saturated rings. The molecule has 2 N–H and O–H groups in total. The molecule has 0 bridgehead atoms. The first-order valence-corrected chi connectivity index (χ1v) is 5.13. The van der Waals surface area contributed by atoms with Crippen LogP contribution in [-0.4, -0.2) is 22.5 Å². The summed E-state index contributed by atoms with van der Waals surface area (Å²) in [4.78, 5) is 22.5. The number of hydrogen-bond acceptors (Lipinski definition) is 2. The largest absolute Gasteiger partial charge is 0.480 e. The summed E-state index contributed by atoms with van der Waals surface area (Å²) in [6, 6.07) is 3.79. The fourth-order valence-corrected chi connectivity index (χ4v) is 1.36. The second-order valence-corrected chi connectivity index (χ2v) is 4.39. The Morgan fingerprint density at radius 1 is 1.41 bits per heavy atom. The molecule has 0 aliphatic rings. The number of halogens is 2. The van der Waals surface area contributed by atoms with Crippen molar-refractivity contribution in [1.82, 2.24) is 5.32 Å². The Balaban J connectivity index is 3.03. The Hall–Kier alpha value is -1.62. The number of amides is 1. The first-order chi connectivity index (χ1) is 7.75. The fourth-order valence-electron chi connectivity index (χ4n) is 1.11. The van der Waals surface area contributed by atoms with Gasteiger partial charge in [-0.15, -0.1) is 0 Å². The van der Waals surface area contributed by atoms with E-state index in [4.69, 9.17) is 16.7 Å². The molecule has 4 nitrogen and oxygen atoms in total. The molecule has 0 aliphatic carbocycles. The fraction of sp³-hybridized carbons (Fsp3) is 0.273. The van der Waals surface area contributed by atoms with E-state index < -0.39 is 23.2 Å². The molecule has 92 valence electrons. The van der Waals surface area contributed by atoms with E-state index in [1.54, 1.807) is 0 Å². The molecule has 17 heavy (non-hydrogen) atoms. The topological polar surface area (TPSA) is 66.4 Å². The molecular formula is C11H11ClFNO3. The zero-order chi connectivity index (χ0) is 13.2. The number of carbonyl (C=O) groups excluding carboxylic acids is 1. The molecule has 0 saturated heterocycles. The maximum absolute atomic E-state index is 13.4. The molecule has 0 atom stereocenters. The summed E-state index contributed by atoms with van der Waals surface area (Å²) in [7, 11) is 0. The first kappa shape index (κ1) is 13.4. The van der Waals surface area contributed by atoms with Gasteiger partial charge in [-0.25, -0.2) is 9.18 Å².